The number of hydrogen-bond acceptors (Lipinski definition) is 2. The minimum atomic E-state index is -0.389. The van der Waals surface area contributed by atoms with Gasteiger partial charge < -0.3 is 4.74 Å². The summed E-state index contributed by atoms with van der Waals surface area (Å²) in [5.74, 6) is 0.714. The van der Waals surface area contributed by atoms with Crippen LogP contribution in [0.3, 0.4) is 0 Å². The number of rotatable bonds is 3. The van der Waals surface area contributed by atoms with Crippen LogP contribution in [-0.2, 0) is 0 Å². The molecule has 0 spiro atoms. The molecule has 17 heavy (non-hydrogen) atoms. The summed E-state index contributed by atoms with van der Waals surface area (Å²) in [5, 5.41) is 0. The monoisotopic (exact) mass is 236 g/mol. The molecule has 92 valence electrons. The van der Waals surface area contributed by atoms with Gasteiger partial charge in [0, 0.05) is 5.92 Å². The first-order chi connectivity index (χ1) is 8.11. The molecule has 2 unspecified atom stereocenters. The van der Waals surface area contributed by atoms with Crippen molar-refractivity contribution in [2.45, 2.75) is 26.2 Å². The Bertz CT molecular complexity index is 428. The van der Waals surface area contributed by atoms with Gasteiger partial charge in [-0.05, 0) is 43.4 Å². The summed E-state index contributed by atoms with van der Waals surface area (Å²) < 4.78 is 18.3. The molecule has 0 aromatic heterocycles. The normalized spacial score (nSPS) is 23.7. The molecule has 1 saturated carbocycles. The largest absolute Gasteiger partial charge is 0.496 e. The number of carbonyl (C=O) groups excluding carboxylic acids is 1. The predicted molar refractivity (Wildman–Crippen MR) is 63.8 cm³/mol. The highest BCUT2D eigenvalue weighted by Crippen LogP contribution is 2.34. The lowest BCUT2D eigenvalue weighted by Crippen LogP contribution is -2.13. The average Bonchev–Trinajstić information content (AvgIpc) is 2.75. The molecule has 0 bridgehead atoms. The zero-order valence-corrected chi connectivity index (χ0v) is 10.2. The Kier molecular flexibility index (Phi) is 3.46. The SMILES string of the molecule is COc1ccc(F)cc1C(=O)C1CCC(C)C1. The molecule has 1 aromatic rings. The van der Waals surface area contributed by atoms with E-state index in [1.807, 2.05) is 0 Å². The first kappa shape index (κ1) is 12.1. The second-order valence-corrected chi connectivity index (χ2v) is 4.82. The van der Waals surface area contributed by atoms with Gasteiger partial charge in [0.2, 0.25) is 0 Å². The molecule has 0 heterocycles. The van der Waals surface area contributed by atoms with Crippen LogP contribution in [-0.4, -0.2) is 12.9 Å². The van der Waals surface area contributed by atoms with Crippen molar-refractivity contribution < 1.29 is 13.9 Å². The molecule has 1 aliphatic carbocycles. The maximum absolute atomic E-state index is 13.2. The van der Waals surface area contributed by atoms with Crippen LogP contribution in [0.4, 0.5) is 4.39 Å². The second-order valence-electron chi connectivity index (χ2n) is 4.82. The molecule has 1 fully saturated rings. The maximum Gasteiger partial charge on any atom is 0.169 e. The van der Waals surface area contributed by atoms with Crippen LogP contribution in [0.2, 0.25) is 0 Å². The lowest BCUT2D eigenvalue weighted by atomic mass is 9.94. The second kappa shape index (κ2) is 4.86. The van der Waals surface area contributed by atoms with Gasteiger partial charge in [0.05, 0.1) is 12.7 Å². The molecule has 1 aromatic carbocycles. The fourth-order valence-corrected chi connectivity index (χ4v) is 2.54. The fraction of sp³-hybridized carbons (Fsp3) is 0.500. The maximum atomic E-state index is 13.2. The van der Waals surface area contributed by atoms with Crippen molar-refractivity contribution in [3.05, 3.63) is 29.6 Å². The average molecular weight is 236 g/mol. The smallest absolute Gasteiger partial charge is 0.169 e. The van der Waals surface area contributed by atoms with E-state index in [4.69, 9.17) is 4.74 Å². The topological polar surface area (TPSA) is 26.3 Å². The zero-order chi connectivity index (χ0) is 12.4. The first-order valence-electron chi connectivity index (χ1n) is 5.99. The van der Waals surface area contributed by atoms with Gasteiger partial charge in [-0.25, -0.2) is 4.39 Å². The summed E-state index contributed by atoms with van der Waals surface area (Å²) >= 11 is 0. The quantitative estimate of drug-likeness (QED) is 0.751. The zero-order valence-electron chi connectivity index (χ0n) is 10.2. The highest BCUT2D eigenvalue weighted by atomic mass is 19.1. The van der Waals surface area contributed by atoms with Gasteiger partial charge in [-0.3, -0.25) is 4.79 Å². The number of ketones is 1. The molecular formula is C14H17FO2. The van der Waals surface area contributed by atoms with Gasteiger partial charge in [0.15, 0.2) is 5.78 Å². The van der Waals surface area contributed by atoms with Crippen LogP contribution in [0.25, 0.3) is 0 Å². The summed E-state index contributed by atoms with van der Waals surface area (Å²) in [6, 6.07) is 4.11. The fourth-order valence-electron chi connectivity index (χ4n) is 2.54. The van der Waals surface area contributed by atoms with E-state index in [0.717, 1.165) is 19.3 Å². The molecule has 2 atom stereocenters. The Labute approximate surface area is 101 Å². The van der Waals surface area contributed by atoms with E-state index in [1.165, 1.54) is 25.3 Å². The van der Waals surface area contributed by atoms with Crippen molar-refractivity contribution in [1.29, 1.82) is 0 Å². The highest BCUT2D eigenvalue weighted by Gasteiger charge is 2.29. The van der Waals surface area contributed by atoms with Crippen molar-refractivity contribution in [1.82, 2.24) is 0 Å². The molecule has 1 aliphatic rings. The standard InChI is InChI=1S/C14H17FO2/c1-9-3-4-10(7-9)14(16)12-8-11(15)5-6-13(12)17-2/h5-6,8-10H,3-4,7H2,1-2H3. The van der Waals surface area contributed by atoms with Crippen molar-refractivity contribution in [2.75, 3.05) is 7.11 Å². The number of ether oxygens (including phenoxy) is 1. The van der Waals surface area contributed by atoms with Gasteiger partial charge >= 0.3 is 0 Å². The van der Waals surface area contributed by atoms with Crippen molar-refractivity contribution >= 4 is 5.78 Å². The molecule has 0 saturated heterocycles. The number of benzene rings is 1. The lowest BCUT2D eigenvalue weighted by Gasteiger charge is -2.12. The first-order valence-corrected chi connectivity index (χ1v) is 5.99. The van der Waals surface area contributed by atoms with E-state index in [0.29, 0.717) is 17.2 Å². The molecule has 0 radical (unpaired) electrons. The summed E-state index contributed by atoms with van der Waals surface area (Å²) in [4.78, 5) is 12.3. The van der Waals surface area contributed by atoms with Crippen LogP contribution in [0, 0.1) is 17.7 Å². The minimum Gasteiger partial charge on any atom is -0.496 e. The molecular weight excluding hydrogens is 219 g/mol. The van der Waals surface area contributed by atoms with E-state index >= 15 is 0 Å². The Balaban J connectivity index is 2.26. The lowest BCUT2D eigenvalue weighted by molar-refractivity contribution is 0.0917. The van der Waals surface area contributed by atoms with E-state index < -0.39 is 0 Å². The third-order valence-electron chi connectivity index (χ3n) is 3.49. The Morgan fingerprint density at radius 2 is 2.18 bits per heavy atom. The summed E-state index contributed by atoms with van der Waals surface area (Å²) in [6.07, 6.45) is 2.88. The Morgan fingerprint density at radius 3 is 2.76 bits per heavy atom. The summed E-state index contributed by atoms with van der Waals surface area (Å²) in [7, 11) is 1.50. The van der Waals surface area contributed by atoms with Gasteiger partial charge in [-0.1, -0.05) is 6.92 Å². The number of halogens is 1. The van der Waals surface area contributed by atoms with Crippen molar-refractivity contribution in [3.8, 4) is 5.75 Å². The number of hydrogen-bond donors (Lipinski definition) is 0. The number of carbonyl (C=O) groups is 1. The van der Waals surface area contributed by atoms with Crippen LogP contribution < -0.4 is 4.74 Å². The van der Waals surface area contributed by atoms with Gasteiger partial charge in [-0.15, -0.1) is 0 Å². The minimum absolute atomic E-state index is 0.0192. The van der Waals surface area contributed by atoms with Gasteiger partial charge in [0.1, 0.15) is 11.6 Å². The highest BCUT2D eigenvalue weighted by molar-refractivity contribution is 6.00. The Hall–Kier alpha value is -1.38. The van der Waals surface area contributed by atoms with E-state index in [-0.39, 0.29) is 17.5 Å². The van der Waals surface area contributed by atoms with E-state index in [1.54, 1.807) is 0 Å². The molecule has 0 aliphatic heterocycles. The van der Waals surface area contributed by atoms with Gasteiger partial charge in [0.25, 0.3) is 0 Å². The third kappa shape index (κ3) is 2.48. The van der Waals surface area contributed by atoms with Crippen LogP contribution in [0.15, 0.2) is 18.2 Å². The van der Waals surface area contributed by atoms with E-state index in [9.17, 15) is 9.18 Å². The molecule has 0 amide bonds. The molecule has 3 heteroatoms. The summed E-state index contributed by atoms with van der Waals surface area (Å²) in [5.41, 5.74) is 0.381. The number of methoxy groups -OCH3 is 1. The molecule has 2 nitrogen and oxygen atoms in total. The van der Waals surface area contributed by atoms with Crippen molar-refractivity contribution in [2.24, 2.45) is 11.8 Å². The van der Waals surface area contributed by atoms with Crippen LogP contribution in [0.1, 0.15) is 36.5 Å². The van der Waals surface area contributed by atoms with E-state index in [2.05, 4.69) is 6.92 Å². The molecule has 2 rings (SSSR count). The van der Waals surface area contributed by atoms with Crippen LogP contribution in [0.5, 0.6) is 5.75 Å². The predicted octanol–water partition coefficient (Wildman–Crippen LogP) is 3.45. The Morgan fingerprint density at radius 1 is 1.41 bits per heavy atom. The van der Waals surface area contributed by atoms with Crippen molar-refractivity contribution in [3.63, 3.8) is 0 Å². The third-order valence-corrected chi connectivity index (χ3v) is 3.49. The number of Topliss-reactive ketones (excluding diaryl/α,β-unsaturated/α-hetero) is 1. The molecule has 0 N–H and O–H groups in total. The van der Waals surface area contributed by atoms with Crippen LogP contribution >= 0.6 is 0 Å². The van der Waals surface area contributed by atoms with Gasteiger partial charge in [-0.2, -0.15) is 0 Å². The summed E-state index contributed by atoms with van der Waals surface area (Å²) in [6.45, 7) is 2.15.